The predicted molar refractivity (Wildman–Crippen MR) is 131 cm³/mol. The topological polar surface area (TPSA) is 127 Å². The van der Waals surface area contributed by atoms with Crippen molar-refractivity contribution in [3.63, 3.8) is 0 Å². The van der Waals surface area contributed by atoms with Crippen LogP contribution in [0.3, 0.4) is 0 Å². The van der Waals surface area contributed by atoms with Gasteiger partial charge in [-0.1, -0.05) is 24.3 Å². The molecule has 5 rings (SSSR count). The van der Waals surface area contributed by atoms with Gasteiger partial charge in [-0.25, -0.2) is 19.3 Å². The van der Waals surface area contributed by atoms with Gasteiger partial charge in [0.2, 0.25) is 0 Å². The van der Waals surface area contributed by atoms with E-state index in [2.05, 4.69) is 25.3 Å². The second kappa shape index (κ2) is 9.14. The molecule has 0 spiro atoms. The normalized spacial score (nSPS) is 10.9. The maximum atomic E-state index is 13.4. The number of halogens is 1. The Labute approximate surface area is 199 Å². The van der Waals surface area contributed by atoms with E-state index in [1.807, 2.05) is 24.3 Å². The number of rotatable bonds is 6. The largest absolute Gasteiger partial charge is 0.382 e. The van der Waals surface area contributed by atoms with Gasteiger partial charge in [0.1, 0.15) is 17.8 Å². The molecule has 0 unspecified atom stereocenters. The zero-order valence-electron chi connectivity index (χ0n) is 18.3. The van der Waals surface area contributed by atoms with Gasteiger partial charge < -0.3 is 20.8 Å². The van der Waals surface area contributed by atoms with Crippen LogP contribution in [0.25, 0.3) is 33.8 Å². The minimum atomic E-state index is -0.438. The van der Waals surface area contributed by atoms with Gasteiger partial charge in [0, 0.05) is 23.2 Å². The fraction of sp³-hybridized carbons (Fsp3) is 0.0385. The number of hydrogen-bond donors (Lipinski definition) is 3. The minimum Gasteiger partial charge on any atom is -0.382 e. The molecule has 35 heavy (non-hydrogen) atoms. The summed E-state index contributed by atoms with van der Waals surface area (Å²) in [5.74, 6) is -0.232. The first-order valence-electron chi connectivity index (χ1n) is 10.7. The van der Waals surface area contributed by atoms with Gasteiger partial charge in [0.05, 0.1) is 22.9 Å². The van der Waals surface area contributed by atoms with Crippen LogP contribution in [0.15, 0.2) is 72.9 Å². The van der Waals surface area contributed by atoms with E-state index in [1.165, 1.54) is 18.2 Å². The quantitative estimate of drug-likeness (QED) is 0.318. The van der Waals surface area contributed by atoms with Gasteiger partial charge in [0.25, 0.3) is 5.91 Å². The van der Waals surface area contributed by atoms with Gasteiger partial charge in [-0.15, -0.1) is 0 Å². The number of aldehydes is 1. The average Bonchev–Trinajstić information content (AvgIpc) is 3.28. The summed E-state index contributed by atoms with van der Waals surface area (Å²) in [4.78, 5) is 40.2. The zero-order chi connectivity index (χ0) is 24.4. The number of hydrogen-bond acceptors (Lipinski definition) is 6. The van der Waals surface area contributed by atoms with Crippen molar-refractivity contribution >= 4 is 34.7 Å². The van der Waals surface area contributed by atoms with Crippen molar-refractivity contribution < 1.29 is 14.0 Å². The molecule has 0 atom stereocenters. The highest BCUT2D eigenvalue weighted by atomic mass is 19.1. The van der Waals surface area contributed by atoms with Crippen LogP contribution in [0, 0.1) is 5.82 Å². The summed E-state index contributed by atoms with van der Waals surface area (Å²) in [6.45, 7) is 0. The molecule has 0 aliphatic heterocycles. The summed E-state index contributed by atoms with van der Waals surface area (Å²) < 4.78 is 13.4. The number of anilines is 2. The van der Waals surface area contributed by atoms with Crippen molar-refractivity contribution in [2.75, 3.05) is 11.1 Å². The molecular weight excluding hydrogens is 447 g/mol. The fourth-order valence-corrected chi connectivity index (χ4v) is 3.69. The first kappa shape index (κ1) is 21.9. The number of aromatic amines is 1. The number of nitrogens with two attached hydrogens (primary N) is 1. The Bertz CT molecular complexity index is 1580. The van der Waals surface area contributed by atoms with Crippen LogP contribution >= 0.6 is 0 Å². The lowest BCUT2D eigenvalue weighted by atomic mass is 10.1. The number of amides is 1. The van der Waals surface area contributed by atoms with Crippen molar-refractivity contribution in [3.8, 4) is 22.8 Å². The van der Waals surface area contributed by atoms with Crippen LogP contribution in [0.2, 0.25) is 0 Å². The molecule has 9 heteroatoms. The number of nitrogens with one attached hydrogen (secondary N) is 2. The fourth-order valence-electron chi connectivity index (χ4n) is 3.69. The lowest BCUT2D eigenvalue weighted by Crippen LogP contribution is -2.11. The van der Waals surface area contributed by atoms with Gasteiger partial charge in [-0.05, 0) is 48.0 Å². The second-order valence-corrected chi connectivity index (χ2v) is 7.84. The van der Waals surface area contributed by atoms with E-state index in [-0.39, 0.29) is 5.82 Å². The maximum absolute atomic E-state index is 13.4. The van der Waals surface area contributed by atoms with Crippen LogP contribution in [-0.2, 0) is 11.2 Å². The molecule has 3 aromatic carbocycles. The molecule has 5 aromatic rings. The molecule has 8 nitrogen and oxygen atoms in total. The molecule has 4 N–H and O–H groups in total. The van der Waals surface area contributed by atoms with Crippen molar-refractivity contribution in [2.24, 2.45) is 0 Å². The first-order valence-corrected chi connectivity index (χ1v) is 10.7. The number of carbonyl (C=O) groups excluding carboxylic acids is 2. The molecule has 0 aliphatic carbocycles. The first-order chi connectivity index (χ1) is 17.0. The Hall–Kier alpha value is -4.92. The monoisotopic (exact) mass is 466 g/mol. The van der Waals surface area contributed by atoms with Crippen LogP contribution in [-0.4, -0.2) is 32.1 Å². The van der Waals surface area contributed by atoms with Crippen LogP contribution in [0.4, 0.5) is 15.9 Å². The van der Waals surface area contributed by atoms with E-state index in [9.17, 15) is 14.0 Å². The van der Waals surface area contributed by atoms with Crippen molar-refractivity contribution in [1.82, 2.24) is 19.9 Å². The van der Waals surface area contributed by atoms with E-state index >= 15 is 0 Å². The van der Waals surface area contributed by atoms with Gasteiger partial charge in [-0.3, -0.25) is 4.79 Å². The molecule has 0 saturated heterocycles. The summed E-state index contributed by atoms with van der Waals surface area (Å²) in [6, 6.07) is 18.1. The number of imidazole rings is 1. The Morgan fingerprint density at radius 1 is 1.06 bits per heavy atom. The third kappa shape index (κ3) is 4.60. The molecule has 0 aliphatic rings. The summed E-state index contributed by atoms with van der Waals surface area (Å²) >= 11 is 0. The summed E-state index contributed by atoms with van der Waals surface area (Å²) in [5, 5.41) is 2.67. The van der Waals surface area contributed by atoms with Crippen LogP contribution in [0.1, 0.15) is 15.9 Å². The third-order valence-electron chi connectivity index (χ3n) is 5.39. The zero-order valence-corrected chi connectivity index (χ0v) is 18.3. The molecule has 0 bridgehead atoms. The van der Waals surface area contributed by atoms with E-state index in [0.717, 1.165) is 17.4 Å². The lowest BCUT2D eigenvalue weighted by Gasteiger charge is -2.06. The Balaban J connectivity index is 1.46. The molecular formula is C26H19FN6O2. The number of fused-ring (bicyclic) bond motifs is 1. The van der Waals surface area contributed by atoms with E-state index in [1.54, 1.807) is 30.5 Å². The van der Waals surface area contributed by atoms with Crippen LogP contribution in [0.5, 0.6) is 0 Å². The Kier molecular flexibility index (Phi) is 5.72. The van der Waals surface area contributed by atoms with Crippen molar-refractivity contribution in [1.29, 1.82) is 0 Å². The molecule has 0 fully saturated rings. The number of benzene rings is 3. The van der Waals surface area contributed by atoms with E-state index in [4.69, 9.17) is 5.73 Å². The molecule has 2 heterocycles. The average molecular weight is 466 g/mol. The third-order valence-corrected chi connectivity index (χ3v) is 5.39. The molecule has 2 aromatic heterocycles. The van der Waals surface area contributed by atoms with Crippen LogP contribution < -0.4 is 11.1 Å². The Morgan fingerprint density at radius 3 is 2.74 bits per heavy atom. The highest BCUT2D eigenvalue weighted by Gasteiger charge is 2.15. The molecule has 172 valence electrons. The highest BCUT2D eigenvalue weighted by molar-refractivity contribution is 6.06. The summed E-state index contributed by atoms with van der Waals surface area (Å²) in [6.07, 6.45) is 2.72. The van der Waals surface area contributed by atoms with Crippen molar-refractivity contribution in [2.45, 2.75) is 6.42 Å². The maximum Gasteiger partial charge on any atom is 0.255 e. The number of H-pyrrole nitrogens is 1. The summed E-state index contributed by atoms with van der Waals surface area (Å²) in [7, 11) is 0. The van der Waals surface area contributed by atoms with Gasteiger partial charge in [-0.2, -0.15) is 0 Å². The number of nitrogens with zero attached hydrogens (tertiary/aromatic N) is 3. The van der Waals surface area contributed by atoms with Gasteiger partial charge in [0.15, 0.2) is 11.6 Å². The Morgan fingerprint density at radius 2 is 1.91 bits per heavy atom. The lowest BCUT2D eigenvalue weighted by molar-refractivity contribution is -0.107. The smallest absolute Gasteiger partial charge is 0.255 e. The van der Waals surface area contributed by atoms with E-state index < -0.39 is 11.7 Å². The van der Waals surface area contributed by atoms with Gasteiger partial charge >= 0.3 is 0 Å². The SMILES string of the molecule is Nc1ncc(-c2cccc(CC=O)c2)nc1-c1nc2cc(C(=O)Nc3cccc(F)c3)ccc2[nH]1. The number of carbonyl (C=O) groups is 2. The molecule has 1 amide bonds. The standard InChI is InChI=1S/C26H19FN6O2/c27-18-5-2-6-19(13-18)30-26(35)17-7-8-20-21(12-17)33-25(32-20)23-24(28)29-14-22(31-23)16-4-1-3-15(11-16)9-10-34/h1-8,10-14H,9H2,(H2,28,29)(H,30,35)(H,32,33). The number of aromatic nitrogens is 4. The summed E-state index contributed by atoms with van der Waals surface area (Å²) in [5.41, 5.74) is 10.6. The number of nitrogen functional groups attached to an aromatic ring is 1. The van der Waals surface area contributed by atoms with E-state index in [0.29, 0.717) is 45.9 Å². The van der Waals surface area contributed by atoms with Crippen molar-refractivity contribution in [3.05, 3.63) is 89.9 Å². The molecule has 0 saturated carbocycles. The molecule has 0 radical (unpaired) electrons. The second-order valence-electron chi connectivity index (χ2n) is 7.84. The minimum absolute atomic E-state index is 0.195. The highest BCUT2D eigenvalue weighted by Crippen LogP contribution is 2.27. The predicted octanol–water partition coefficient (Wildman–Crippen LogP) is 4.40.